The van der Waals surface area contributed by atoms with E-state index in [1.165, 1.54) is 7.11 Å². The van der Waals surface area contributed by atoms with Crippen LogP contribution in [0.4, 0.5) is 5.69 Å². The Kier molecular flexibility index (Phi) is 6.76. The zero-order valence-corrected chi connectivity index (χ0v) is 11.8. The number of ether oxygens (including phenoxy) is 3. The van der Waals surface area contributed by atoms with Gasteiger partial charge in [-0.15, -0.1) is 0 Å². The monoisotopic (exact) mass is 295 g/mol. The number of hydrogen-bond acceptors (Lipinski definition) is 7. The fourth-order valence-electron chi connectivity index (χ4n) is 1.44. The Morgan fingerprint density at radius 1 is 1.10 bits per heavy atom. The Morgan fingerprint density at radius 3 is 2.24 bits per heavy atom. The molecule has 1 aromatic carbocycles. The number of hydrogen-bond donors (Lipinski definition) is 2. The van der Waals surface area contributed by atoms with Crippen LogP contribution in [0.3, 0.4) is 0 Å². The summed E-state index contributed by atoms with van der Waals surface area (Å²) in [5.74, 6) is -2.01. The number of aliphatic hydroxyl groups is 1. The van der Waals surface area contributed by atoms with Crippen LogP contribution in [0.2, 0.25) is 0 Å². The summed E-state index contributed by atoms with van der Waals surface area (Å²) in [6.07, 6.45) is 0. The first kappa shape index (κ1) is 16.5. The first-order valence-corrected chi connectivity index (χ1v) is 6.10. The van der Waals surface area contributed by atoms with Crippen molar-refractivity contribution < 1.29 is 28.9 Å². The van der Waals surface area contributed by atoms with Crippen molar-refractivity contribution in [1.82, 2.24) is 0 Å². The van der Waals surface area contributed by atoms with E-state index in [4.69, 9.17) is 9.84 Å². The Balaban J connectivity index is 3.18. The fourth-order valence-corrected chi connectivity index (χ4v) is 1.44. The molecule has 0 spiro atoms. The van der Waals surface area contributed by atoms with E-state index in [1.807, 2.05) is 0 Å². The molecule has 1 aromatic rings. The Morgan fingerprint density at radius 2 is 1.71 bits per heavy atom. The number of esters is 2. The molecule has 0 bridgehead atoms. The quantitative estimate of drug-likeness (QED) is 0.433. The molecule has 0 amide bonds. The van der Waals surface area contributed by atoms with Crippen LogP contribution < -0.4 is 5.32 Å². The molecule has 0 saturated carbocycles. The molecule has 21 heavy (non-hydrogen) atoms. The molecule has 7 heteroatoms. The smallest absolute Gasteiger partial charge is 0.375 e. The van der Waals surface area contributed by atoms with Crippen LogP contribution in [0.5, 0.6) is 0 Å². The summed E-state index contributed by atoms with van der Waals surface area (Å²) < 4.78 is 14.3. The molecule has 1 rings (SSSR count). The van der Waals surface area contributed by atoms with Crippen LogP contribution in [-0.4, -0.2) is 44.5 Å². The molecule has 2 N–H and O–H groups in total. The molecule has 0 aliphatic heterocycles. The first-order chi connectivity index (χ1) is 10.1. The minimum Gasteiger partial charge on any atom is -0.482 e. The van der Waals surface area contributed by atoms with Gasteiger partial charge in [-0.25, -0.2) is 9.59 Å². The number of methoxy groups -OCH3 is 2. The summed E-state index contributed by atoms with van der Waals surface area (Å²) in [5.41, 5.74) is 0.357. The number of rotatable bonds is 7. The second-order valence-corrected chi connectivity index (χ2v) is 3.75. The number of para-hydroxylation sites is 1. The fraction of sp³-hybridized carbons (Fsp3) is 0.286. The highest BCUT2D eigenvalue weighted by Crippen LogP contribution is 2.15. The highest BCUT2D eigenvalue weighted by molar-refractivity contribution is 6.01. The van der Waals surface area contributed by atoms with Crippen molar-refractivity contribution in [2.24, 2.45) is 0 Å². The molecule has 0 aliphatic carbocycles. The van der Waals surface area contributed by atoms with Gasteiger partial charge in [-0.05, 0) is 12.1 Å². The molecular weight excluding hydrogens is 278 g/mol. The summed E-state index contributed by atoms with van der Waals surface area (Å²) >= 11 is 0. The number of carbonyl (C=O) groups excluding carboxylic acids is 2. The van der Waals surface area contributed by atoms with Crippen molar-refractivity contribution in [2.45, 2.75) is 0 Å². The number of benzene rings is 1. The number of nitrogens with one attached hydrogen (secondary N) is 1. The molecule has 0 radical (unpaired) electrons. The average Bonchev–Trinajstić information content (AvgIpc) is 2.53. The predicted molar refractivity (Wildman–Crippen MR) is 74.2 cm³/mol. The molecule has 0 unspecified atom stereocenters. The van der Waals surface area contributed by atoms with Crippen LogP contribution in [-0.2, 0) is 23.8 Å². The zero-order valence-electron chi connectivity index (χ0n) is 11.8. The Labute approximate surface area is 122 Å². The van der Waals surface area contributed by atoms with Crippen molar-refractivity contribution in [3.8, 4) is 0 Å². The van der Waals surface area contributed by atoms with Gasteiger partial charge in [0.25, 0.3) is 0 Å². The lowest BCUT2D eigenvalue weighted by molar-refractivity contribution is -0.142. The lowest BCUT2D eigenvalue weighted by atomic mass is 10.3. The number of carbonyl (C=O) groups is 2. The maximum absolute atomic E-state index is 11.8. The maximum Gasteiger partial charge on any atom is 0.375 e. The van der Waals surface area contributed by atoms with E-state index in [-0.39, 0.29) is 24.7 Å². The maximum atomic E-state index is 11.8. The van der Waals surface area contributed by atoms with Gasteiger partial charge in [0.1, 0.15) is 6.61 Å². The number of anilines is 1. The van der Waals surface area contributed by atoms with Gasteiger partial charge >= 0.3 is 11.9 Å². The lowest BCUT2D eigenvalue weighted by Crippen LogP contribution is -2.22. The summed E-state index contributed by atoms with van der Waals surface area (Å²) in [6.45, 7) is -0.484. The molecule has 0 aromatic heterocycles. The van der Waals surface area contributed by atoms with Gasteiger partial charge in [-0.2, -0.15) is 0 Å². The van der Waals surface area contributed by atoms with E-state index >= 15 is 0 Å². The highest BCUT2D eigenvalue weighted by Gasteiger charge is 2.24. The van der Waals surface area contributed by atoms with Gasteiger partial charge in [0, 0.05) is 5.69 Å². The van der Waals surface area contributed by atoms with Gasteiger partial charge < -0.3 is 24.6 Å². The van der Waals surface area contributed by atoms with Crippen molar-refractivity contribution in [1.29, 1.82) is 0 Å². The van der Waals surface area contributed by atoms with Crippen molar-refractivity contribution in [3.63, 3.8) is 0 Å². The highest BCUT2D eigenvalue weighted by atomic mass is 16.6. The van der Waals surface area contributed by atoms with Crippen LogP contribution in [0.15, 0.2) is 41.8 Å². The third kappa shape index (κ3) is 4.81. The molecule has 0 fully saturated rings. The molecule has 114 valence electrons. The lowest BCUT2D eigenvalue weighted by Gasteiger charge is -2.14. The van der Waals surface area contributed by atoms with E-state index in [2.05, 4.69) is 14.8 Å². The average molecular weight is 295 g/mol. The third-order valence-electron chi connectivity index (χ3n) is 2.37. The van der Waals surface area contributed by atoms with E-state index in [0.717, 1.165) is 7.11 Å². The van der Waals surface area contributed by atoms with E-state index in [1.54, 1.807) is 30.3 Å². The summed E-state index contributed by atoms with van der Waals surface area (Å²) in [6, 6.07) is 8.71. The van der Waals surface area contributed by atoms with Crippen molar-refractivity contribution in [3.05, 3.63) is 41.8 Å². The normalized spacial score (nSPS) is 11.2. The largest absolute Gasteiger partial charge is 0.482 e. The van der Waals surface area contributed by atoms with Crippen LogP contribution in [0, 0.1) is 0 Å². The van der Waals surface area contributed by atoms with Gasteiger partial charge in [-0.1, -0.05) is 18.2 Å². The topological polar surface area (TPSA) is 94.1 Å². The second kappa shape index (κ2) is 8.60. The Bertz CT molecular complexity index is 511. The van der Waals surface area contributed by atoms with Crippen LogP contribution >= 0.6 is 0 Å². The zero-order chi connectivity index (χ0) is 15.7. The molecule has 0 aliphatic rings. The minimum atomic E-state index is -0.854. The standard InChI is InChI=1S/C14H17NO6/c1-19-13(17)11(15-10-6-4-3-5-7-10)12(14(18)20-2)21-9-8-16/h3-7,15-16H,8-9H2,1-2H3/b12-11+. The predicted octanol–water partition coefficient (Wildman–Crippen LogP) is 0.665. The van der Waals surface area contributed by atoms with E-state index in [9.17, 15) is 9.59 Å². The molecule has 0 atom stereocenters. The molecule has 0 heterocycles. The third-order valence-corrected chi connectivity index (χ3v) is 2.37. The number of aliphatic hydroxyl groups excluding tert-OH is 1. The minimum absolute atomic E-state index is 0.165. The van der Waals surface area contributed by atoms with Gasteiger partial charge in [0.2, 0.25) is 5.76 Å². The van der Waals surface area contributed by atoms with Crippen LogP contribution in [0.25, 0.3) is 0 Å². The molecule has 7 nitrogen and oxygen atoms in total. The van der Waals surface area contributed by atoms with Crippen molar-refractivity contribution >= 4 is 17.6 Å². The summed E-state index contributed by atoms with van der Waals surface area (Å²) in [7, 11) is 2.33. The Hall–Kier alpha value is -2.54. The molecular formula is C14H17NO6. The van der Waals surface area contributed by atoms with Crippen LogP contribution in [0.1, 0.15) is 0 Å². The first-order valence-electron chi connectivity index (χ1n) is 6.10. The van der Waals surface area contributed by atoms with Crippen molar-refractivity contribution in [2.75, 3.05) is 32.8 Å². The second-order valence-electron chi connectivity index (χ2n) is 3.75. The molecule has 0 saturated heterocycles. The van der Waals surface area contributed by atoms with E-state index in [0.29, 0.717) is 5.69 Å². The van der Waals surface area contributed by atoms with Gasteiger partial charge in [0.05, 0.1) is 20.8 Å². The van der Waals surface area contributed by atoms with Gasteiger partial charge in [-0.3, -0.25) is 0 Å². The van der Waals surface area contributed by atoms with E-state index < -0.39 is 11.9 Å². The summed E-state index contributed by atoms with van der Waals surface area (Å²) in [4.78, 5) is 23.6. The van der Waals surface area contributed by atoms with Gasteiger partial charge in [0.15, 0.2) is 5.70 Å². The SMILES string of the molecule is COC(=O)/C(Nc1ccccc1)=C(\OCCO)C(=O)OC. The summed E-state index contributed by atoms with van der Waals surface area (Å²) in [5, 5.41) is 11.6.